The fraction of sp³-hybridized carbons (Fsp3) is 0.412. The van der Waals surface area contributed by atoms with Crippen molar-refractivity contribution < 1.29 is 9.59 Å². The summed E-state index contributed by atoms with van der Waals surface area (Å²) in [5.74, 6) is -0.0290. The largest absolute Gasteiger partial charge is 0.326 e. The molecule has 0 aliphatic rings. The van der Waals surface area contributed by atoms with Gasteiger partial charge in [-0.1, -0.05) is 43.9 Å². The summed E-state index contributed by atoms with van der Waals surface area (Å²) >= 11 is 2.89. The summed E-state index contributed by atoms with van der Waals surface area (Å²) in [7, 11) is 0. The van der Waals surface area contributed by atoms with Crippen LogP contribution in [0.5, 0.6) is 0 Å². The van der Waals surface area contributed by atoms with E-state index in [-0.39, 0.29) is 16.9 Å². The first kappa shape index (κ1) is 18.6. The van der Waals surface area contributed by atoms with Gasteiger partial charge in [0.2, 0.25) is 5.91 Å². The van der Waals surface area contributed by atoms with Crippen LogP contribution in [-0.2, 0) is 4.79 Å². The molecular formula is C17H21N3O2S2. The van der Waals surface area contributed by atoms with E-state index in [0.717, 1.165) is 9.35 Å². The second-order valence-corrected chi connectivity index (χ2v) is 9.26. The number of rotatable bonds is 5. The van der Waals surface area contributed by atoms with Crippen molar-refractivity contribution in [3.8, 4) is 0 Å². The molecule has 1 heterocycles. The van der Waals surface area contributed by atoms with Crippen molar-refractivity contribution in [1.29, 1.82) is 0 Å². The Labute approximate surface area is 150 Å². The van der Waals surface area contributed by atoms with Crippen LogP contribution in [-0.4, -0.2) is 27.1 Å². The van der Waals surface area contributed by atoms with Crippen LogP contribution in [0.15, 0.2) is 28.6 Å². The van der Waals surface area contributed by atoms with Crippen molar-refractivity contribution in [3.63, 3.8) is 0 Å². The predicted octanol–water partition coefficient (Wildman–Crippen LogP) is 4.19. The minimum absolute atomic E-state index is 0.0292. The first-order chi connectivity index (χ1) is 11.2. The summed E-state index contributed by atoms with van der Waals surface area (Å²) < 4.78 is 0.794. The molecule has 2 aromatic rings. The van der Waals surface area contributed by atoms with Crippen LogP contribution in [0, 0.1) is 12.3 Å². The van der Waals surface area contributed by atoms with Crippen molar-refractivity contribution in [2.24, 2.45) is 5.41 Å². The number of nitrogens with one attached hydrogen (secondary N) is 1. The minimum Gasteiger partial charge on any atom is -0.326 e. The zero-order chi connectivity index (χ0) is 17.9. The van der Waals surface area contributed by atoms with Gasteiger partial charge in [-0.3, -0.25) is 9.59 Å². The predicted molar refractivity (Wildman–Crippen MR) is 98.8 cm³/mol. The van der Waals surface area contributed by atoms with Crippen molar-refractivity contribution in [2.45, 2.75) is 44.2 Å². The normalized spacial score (nSPS) is 12.7. The summed E-state index contributed by atoms with van der Waals surface area (Å²) in [4.78, 5) is 24.5. The van der Waals surface area contributed by atoms with Gasteiger partial charge in [-0.05, 0) is 38.1 Å². The van der Waals surface area contributed by atoms with E-state index in [0.29, 0.717) is 11.3 Å². The lowest BCUT2D eigenvalue weighted by Gasteiger charge is -2.17. The average molecular weight is 364 g/mol. The first-order valence-electron chi connectivity index (χ1n) is 7.59. The Kier molecular flexibility index (Phi) is 5.77. The molecule has 0 unspecified atom stereocenters. The molecule has 5 nitrogen and oxygen atoms in total. The molecule has 1 atom stereocenters. The lowest BCUT2D eigenvalue weighted by atomic mass is 9.95. The van der Waals surface area contributed by atoms with Gasteiger partial charge in [-0.15, -0.1) is 10.2 Å². The molecule has 0 aliphatic heterocycles. The standard InChI is InChI=1S/C17H21N3O2S2/c1-10(23-16-20-19-11(2)24-16)14(21)12-6-8-13(9-7-12)18-15(22)17(3,4)5/h6-10H,1-5H3,(H,18,22)/t10-/m1/s1. The van der Waals surface area contributed by atoms with Gasteiger partial charge in [0.05, 0.1) is 5.25 Å². The quantitative estimate of drug-likeness (QED) is 0.637. The number of nitrogens with zero attached hydrogens (tertiary/aromatic N) is 2. The number of carbonyl (C=O) groups excluding carboxylic acids is 2. The van der Waals surface area contributed by atoms with Crippen molar-refractivity contribution in [1.82, 2.24) is 10.2 Å². The zero-order valence-corrected chi connectivity index (χ0v) is 16.0. The lowest BCUT2D eigenvalue weighted by Crippen LogP contribution is -2.27. The Morgan fingerprint density at radius 3 is 2.29 bits per heavy atom. The van der Waals surface area contributed by atoms with Gasteiger partial charge in [0.25, 0.3) is 0 Å². The number of carbonyl (C=O) groups is 2. The van der Waals surface area contributed by atoms with E-state index in [1.807, 2.05) is 34.6 Å². The third-order valence-corrected chi connectivity index (χ3v) is 5.29. The number of hydrogen-bond acceptors (Lipinski definition) is 6. The molecule has 0 spiro atoms. The molecule has 1 aromatic carbocycles. The number of ketones is 1. The summed E-state index contributed by atoms with van der Waals surface area (Å²) in [6, 6.07) is 6.98. The van der Waals surface area contributed by atoms with Crippen molar-refractivity contribution >= 4 is 40.5 Å². The Bertz CT molecular complexity index is 733. The Morgan fingerprint density at radius 2 is 1.79 bits per heavy atom. The summed E-state index contributed by atoms with van der Waals surface area (Å²) in [5, 5.41) is 11.5. The molecule has 128 valence electrons. The highest BCUT2D eigenvalue weighted by molar-refractivity contribution is 8.02. The van der Waals surface area contributed by atoms with Crippen molar-refractivity contribution in [3.05, 3.63) is 34.8 Å². The van der Waals surface area contributed by atoms with Gasteiger partial charge in [-0.2, -0.15) is 0 Å². The first-order valence-corrected chi connectivity index (χ1v) is 9.29. The van der Waals surface area contributed by atoms with Gasteiger partial charge >= 0.3 is 0 Å². The molecular weight excluding hydrogens is 342 g/mol. The lowest BCUT2D eigenvalue weighted by molar-refractivity contribution is -0.123. The maximum absolute atomic E-state index is 12.5. The van der Waals surface area contributed by atoms with Crippen LogP contribution < -0.4 is 5.32 Å². The molecule has 0 saturated carbocycles. The number of hydrogen-bond donors (Lipinski definition) is 1. The van der Waals surface area contributed by atoms with E-state index in [9.17, 15) is 9.59 Å². The highest BCUT2D eigenvalue weighted by atomic mass is 32.2. The number of amides is 1. The number of thioether (sulfide) groups is 1. The van der Waals surface area contributed by atoms with Gasteiger partial charge in [0, 0.05) is 16.7 Å². The monoisotopic (exact) mass is 363 g/mol. The van der Waals surface area contributed by atoms with Crippen LogP contribution >= 0.6 is 23.1 Å². The Hall–Kier alpha value is -1.73. The molecule has 0 aliphatic carbocycles. The third kappa shape index (κ3) is 4.88. The number of aryl methyl sites for hydroxylation is 1. The Balaban J connectivity index is 2.01. The van der Waals surface area contributed by atoms with Crippen LogP contribution in [0.2, 0.25) is 0 Å². The smallest absolute Gasteiger partial charge is 0.229 e. The maximum atomic E-state index is 12.5. The maximum Gasteiger partial charge on any atom is 0.229 e. The molecule has 0 radical (unpaired) electrons. The van der Waals surface area contributed by atoms with E-state index < -0.39 is 5.41 Å². The zero-order valence-electron chi connectivity index (χ0n) is 14.4. The molecule has 0 fully saturated rings. The molecule has 1 aromatic heterocycles. The van der Waals surface area contributed by atoms with Crippen LogP contribution in [0.25, 0.3) is 0 Å². The molecule has 1 amide bonds. The second kappa shape index (κ2) is 7.44. The van der Waals surface area contributed by atoms with Crippen LogP contribution in [0.3, 0.4) is 0 Å². The molecule has 7 heteroatoms. The molecule has 0 bridgehead atoms. The number of benzene rings is 1. The van der Waals surface area contributed by atoms with E-state index in [1.54, 1.807) is 24.3 Å². The third-order valence-electron chi connectivity index (χ3n) is 3.26. The van der Waals surface area contributed by atoms with Gasteiger partial charge in [0.15, 0.2) is 10.1 Å². The molecule has 1 N–H and O–H groups in total. The van der Waals surface area contributed by atoms with Gasteiger partial charge < -0.3 is 5.32 Å². The SMILES string of the molecule is Cc1nnc(S[C@H](C)C(=O)c2ccc(NC(=O)C(C)(C)C)cc2)s1. The molecule has 24 heavy (non-hydrogen) atoms. The van der Waals surface area contributed by atoms with E-state index >= 15 is 0 Å². The number of anilines is 1. The fourth-order valence-electron chi connectivity index (χ4n) is 1.80. The van der Waals surface area contributed by atoms with Crippen molar-refractivity contribution in [2.75, 3.05) is 5.32 Å². The highest BCUT2D eigenvalue weighted by Crippen LogP contribution is 2.28. The highest BCUT2D eigenvalue weighted by Gasteiger charge is 2.22. The van der Waals surface area contributed by atoms with Gasteiger partial charge in [-0.25, -0.2) is 0 Å². The van der Waals surface area contributed by atoms with E-state index in [2.05, 4.69) is 15.5 Å². The topological polar surface area (TPSA) is 72.0 Å². The van der Waals surface area contributed by atoms with Gasteiger partial charge in [0.1, 0.15) is 5.01 Å². The Morgan fingerprint density at radius 1 is 1.17 bits per heavy atom. The second-order valence-electron chi connectivity index (χ2n) is 6.49. The van der Waals surface area contributed by atoms with E-state index in [1.165, 1.54) is 23.1 Å². The van der Waals surface area contributed by atoms with Crippen LogP contribution in [0.4, 0.5) is 5.69 Å². The summed E-state index contributed by atoms with van der Waals surface area (Å²) in [5.41, 5.74) is 0.844. The summed E-state index contributed by atoms with van der Waals surface area (Å²) in [6.07, 6.45) is 0. The van der Waals surface area contributed by atoms with E-state index in [4.69, 9.17) is 0 Å². The number of Topliss-reactive ketones (excluding diaryl/α,β-unsaturated/α-hetero) is 1. The number of aromatic nitrogens is 2. The fourth-order valence-corrected chi connectivity index (χ4v) is 3.84. The minimum atomic E-state index is -0.459. The summed E-state index contributed by atoms with van der Waals surface area (Å²) in [6.45, 7) is 9.31. The average Bonchev–Trinajstić information content (AvgIpc) is 2.91. The molecule has 0 saturated heterocycles. The molecule has 2 rings (SSSR count). The van der Waals surface area contributed by atoms with Crippen LogP contribution in [0.1, 0.15) is 43.1 Å².